The summed E-state index contributed by atoms with van der Waals surface area (Å²) in [5.74, 6) is 0. The fourth-order valence-corrected chi connectivity index (χ4v) is 3.05. The first-order chi connectivity index (χ1) is 7.22. The Morgan fingerprint density at radius 3 is 2.80 bits per heavy atom. The van der Waals surface area contributed by atoms with Crippen molar-refractivity contribution < 1.29 is 4.74 Å². The van der Waals surface area contributed by atoms with Crippen LogP contribution in [0.2, 0.25) is 0 Å². The summed E-state index contributed by atoms with van der Waals surface area (Å²) in [6.07, 6.45) is 5.46. The van der Waals surface area contributed by atoms with Gasteiger partial charge in [0.05, 0.1) is 0 Å². The van der Waals surface area contributed by atoms with Crippen LogP contribution in [0.3, 0.4) is 0 Å². The first-order valence-corrected chi connectivity index (χ1v) is 6.22. The van der Waals surface area contributed by atoms with E-state index in [-0.39, 0.29) is 5.60 Å². The van der Waals surface area contributed by atoms with Crippen LogP contribution in [-0.2, 0) is 10.3 Å². The summed E-state index contributed by atoms with van der Waals surface area (Å²) in [7, 11) is 3.77. The average Bonchev–Trinajstić information content (AvgIpc) is 2.65. The average molecular weight is 226 g/mol. The highest BCUT2D eigenvalue weighted by Crippen LogP contribution is 2.46. The van der Waals surface area contributed by atoms with Crippen LogP contribution < -0.4 is 5.32 Å². The molecule has 1 heterocycles. The topological polar surface area (TPSA) is 34.2 Å². The second kappa shape index (κ2) is 4.20. The number of rotatable bonds is 4. The first-order valence-electron chi connectivity index (χ1n) is 5.40. The summed E-state index contributed by atoms with van der Waals surface area (Å²) >= 11 is 1.77. The molecule has 1 atom stereocenters. The third-order valence-electron chi connectivity index (χ3n) is 3.33. The zero-order chi connectivity index (χ0) is 10.9. The third-order valence-corrected chi connectivity index (χ3v) is 4.69. The van der Waals surface area contributed by atoms with Gasteiger partial charge in [-0.25, -0.2) is 4.98 Å². The molecule has 0 amide bonds. The lowest BCUT2D eigenvalue weighted by Gasteiger charge is -2.38. The Kier molecular flexibility index (Phi) is 3.09. The molecule has 0 spiro atoms. The molecule has 15 heavy (non-hydrogen) atoms. The molecule has 0 aliphatic heterocycles. The van der Waals surface area contributed by atoms with Gasteiger partial charge in [0, 0.05) is 24.2 Å². The molecule has 0 bridgehead atoms. The zero-order valence-electron chi connectivity index (χ0n) is 9.54. The van der Waals surface area contributed by atoms with Gasteiger partial charge in [0.25, 0.3) is 0 Å². The molecular weight excluding hydrogens is 208 g/mol. The van der Waals surface area contributed by atoms with Gasteiger partial charge in [-0.2, -0.15) is 0 Å². The number of hydrogen-bond acceptors (Lipinski definition) is 4. The second-order valence-corrected chi connectivity index (χ2v) is 5.19. The van der Waals surface area contributed by atoms with E-state index >= 15 is 0 Å². The van der Waals surface area contributed by atoms with Gasteiger partial charge in [0.1, 0.15) is 10.6 Å². The van der Waals surface area contributed by atoms with Crippen molar-refractivity contribution in [3.8, 4) is 0 Å². The highest BCUT2D eigenvalue weighted by molar-refractivity contribution is 7.11. The van der Waals surface area contributed by atoms with Crippen LogP contribution in [-0.4, -0.2) is 19.1 Å². The summed E-state index contributed by atoms with van der Waals surface area (Å²) in [4.78, 5) is 5.79. The summed E-state index contributed by atoms with van der Waals surface area (Å²) in [6, 6.07) is 0.380. The van der Waals surface area contributed by atoms with E-state index < -0.39 is 0 Å². The molecule has 1 aliphatic rings. The number of nitrogens with one attached hydrogen (secondary N) is 1. The van der Waals surface area contributed by atoms with Crippen LogP contribution in [0, 0.1) is 0 Å². The predicted octanol–water partition coefficient (Wildman–Crippen LogP) is 2.45. The molecule has 2 rings (SSSR count). The summed E-state index contributed by atoms with van der Waals surface area (Å²) in [6.45, 7) is 2.15. The van der Waals surface area contributed by atoms with E-state index in [1.54, 1.807) is 18.4 Å². The van der Waals surface area contributed by atoms with E-state index in [1.807, 2.05) is 13.2 Å². The Hall–Kier alpha value is -0.450. The fraction of sp³-hybridized carbons (Fsp3) is 0.727. The van der Waals surface area contributed by atoms with Gasteiger partial charge in [-0.05, 0) is 33.2 Å². The van der Waals surface area contributed by atoms with Crippen molar-refractivity contribution in [2.24, 2.45) is 0 Å². The van der Waals surface area contributed by atoms with Crippen molar-refractivity contribution in [2.45, 2.75) is 37.8 Å². The van der Waals surface area contributed by atoms with Crippen LogP contribution in [0.4, 0.5) is 0 Å². The van der Waals surface area contributed by atoms with E-state index in [0.717, 1.165) is 17.8 Å². The standard InChI is InChI=1S/C11H18N2OS/c1-8(12-2)9-7-13-10(15-9)11(14-3)5-4-6-11/h7-8,12H,4-6H2,1-3H3. The lowest BCUT2D eigenvalue weighted by Crippen LogP contribution is -2.35. The third kappa shape index (κ3) is 1.82. The molecule has 3 nitrogen and oxygen atoms in total. The quantitative estimate of drug-likeness (QED) is 0.856. The zero-order valence-corrected chi connectivity index (χ0v) is 10.4. The van der Waals surface area contributed by atoms with Gasteiger partial charge in [0.2, 0.25) is 0 Å². The Morgan fingerprint density at radius 2 is 2.33 bits per heavy atom. The molecule has 1 unspecified atom stereocenters. The minimum absolute atomic E-state index is 0.0591. The molecule has 1 aromatic rings. The SMILES string of the molecule is CNC(C)c1cnc(C2(OC)CCC2)s1. The van der Waals surface area contributed by atoms with Crippen molar-refractivity contribution >= 4 is 11.3 Å². The Balaban J connectivity index is 2.19. The Bertz CT molecular complexity index is 328. The number of aromatic nitrogens is 1. The molecule has 0 saturated heterocycles. The van der Waals surface area contributed by atoms with E-state index in [0.29, 0.717) is 6.04 Å². The largest absolute Gasteiger partial charge is 0.371 e. The van der Waals surface area contributed by atoms with Crippen LogP contribution >= 0.6 is 11.3 Å². The van der Waals surface area contributed by atoms with Gasteiger partial charge >= 0.3 is 0 Å². The maximum absolute atomic E-state index is 5.61. The van der Waals surface area contributed by atoms with Crippen LogP contribution in [0.5, 0.6) is 0 Å². The molecule has 84 valence electrons. The molecule has 1 aliphatic carbocycles. The number of methoxy groups -OCH3 is 1. The van der Waals surface area contributed by atoms with Gasteiger partial charge in [0.15, 0.2) is 0 Å². The Labute approximate surface area is 94.9 Å². The lowest BCUT2D eigenvalue weighted by molar-refractivity contribution is -0.0779. The highest BCUT2D eigenvalue weighted by Gasteiger charge is 2.41. The summed E-state index contributed by atoms with van der Waals surface area (Å²) in [5.41, 5.74) is -0.0591. The molecule has 1 N–H and O–H groups in total. The molecule has 1 saturated carbocycles. The first kappa shape index (κ1) is 11.0. The van der Waals surface area contributed by atoms with E-state index in [2.05, 4.69) is 17.2 Å². The van der Waals surface area contributed by atoms with Gasteiger partial charge in [-0.15, -0.1) is 11.3 Å². The van der Waals surface area contributed by atoms with Gasteiger partial charge in [-0.1, -0.05) is 0 Å². The van der Waals surface area contributed by atoms with E-state index in [4.69, 9.17) is 4.74 Å². The lowest BCUT2D eigenvalue weighted by atomic mass is 9.80. The number of hydrogen-bond donors (Lipinski definition) is 1. The smallest absolute Gasteiger partial charge is 0.125 e. The molecule has 0 radical (unpaired) electrons. The van der Waals surface area contributed by atoms with Crippen molar-refractivity contribution in [1.29, 1.82) is 0 Å². The normalized spacial score (nSPS) is 21.0. The molecule has 0 aromatic carbocycles. The maximum atomic E-state index is 5.61. The van der Waals surface area contributed by atoms with E-state index in [1.165, 1.54) is 11.3 Å². The van der Waals surface area contributed by atoms with Crippen molar-refractivity contribution in [3.05, 3.63) is 16.1 Å². The monoisotopic (exact) mass is 226 g/mol. The highest BCUT2D eigenvalue weighted by atomic mass is 32.1. The predicted molar refractivity (Wildman–Crippen MR) is 62.1 cm³/mol. The minimum atomic E-state index is -0.0591. The number of nitrogens with zero attached hydrogens (tertiary/aromatic N) is 1. The van der Waals surface area contributed by atoms with Crippen molar-refractivity contribution in [2.75, 3.05) is 14.2 Å². The fourth-order valence-electron chi connectivity index (χ4n) is 1.84. The van der Waals surface area contributed by atoms with Gasteiger partial charge in [-0.3, -0.25) is 0 Å². The number of thiazole rings is 1. The summed E-state index contributed by atoms with van der Waals surface area (Å²) < 4.78 is 5.61. The van der Waals surface area contributed by atoms with Crippen LogP contribution in [0.15, 0.2) is 6.20 Å². The van der Waals surface area contributed by atoms with Crippen LogP contribution in [0.25, 0.3) is 0 Å². The summed E-state index contributed by atoms with van der Waals surface area (Å²) in [5, 5.41) is 4.38. The van der Waals surface area contributed by atoms with Gasteiger partial charge < -0.3 is 10.1 Å². The molecule has 1 fully saturated rings. The van der Waals surface area contributed by atoms with Crippen molar-refractivity contribution in [1.82, 2.24) is 10.3 Å². The molecule has 1 aromatic heterocycles. The molecular formula is C11H18N2OS. The van der Waals surface area contributed by atoms with E-state index in [9.17, 15) is 0 Å². The molecule has 4 heteroatoms. The minimum Gasteiger partial charge on any atom is -0.371 e. The second-order valence-electron chi connectivity index (χ2n) is 4.13. The maximum Gasteiger partial charge on any atom is 0.125 e. The Morgan fingerprint density at radius 1 is 1.60 bits per heavy atom. The van der Waals surface area contributed by atoms with Crippen LogP contribution in [0.1, 0.15) is 42.1 Å². The van der Waals surface area contributed by atoms with Crippen molar-refractivity contribution in [3.63, 3.8) is 0 Å². The number of ether oxygens (including phenoxy) is 1.